The van der Waals surface area contributed by atoms with Crippen molar-refractivity contribution in [3.63, 3.8) is 0 Å². The maximum atomic E-state index is 12.9. The number of H-pyrrole nitrogens is 1. The fourth-order valence-corrected chi connectivity index (χ4v) is 4.31. The van der Waals surface area contributed by atoms with Crippen LogP contribution in [0.3, 0.4) is 0 Å². The molecule has 3 N–H and O–H groups in total. The van der Waals surface area contributed by atoms with E-state index >= 15 is 0 Å². The van der Waals surface area contributed by atoms with Crippen LogP contribution < -0.4 is 10.6 Å². The van der Waals surface area contributed by atoms with Crippen molar-refractivity contribution in [3.8, 4) is 0 Å². The maximum absolute atomic E-state index is 12.9. The molecule has 152 valence electrons. The number of rotatable bonds is 5. The monoisotopic (exact) mass is 432 g/mol. The minimum absolute atomic E-state index is 0.0324. The van der Waals surface area contributed by atoms with Gasteiger partial charge >= 0.3 is 0 Å². The standard InChI is InChI=1S/C20H22Cl2N6O/c1-12-17(27-20-16-4-5-23-19(16)25-11-26-20)3-2-6-28(12)18(29)10-24-15-8-13(21)7-14(22)9-15/h4-5,7-9,11-12,17,24H,2-3,6,10H2,1H3,(H2,23,25,26,27). The minimum atomic E-state index is 0.0324. The summed E-state index contributed by atoms with van der Waals surface area (Å²) >= 11 is 12.1. The molecule has 9 heteroatoms. The molecule has 2 unspecified atom stereocenters. The van der Waals surface area contributed by atoms with Crippen LogP contribution in [0.2, 0.25) is 10.0 Å². The molecule has 0 saturated carbocycles. The Morgan fingerprint density at radius 3 is 2.86 bits per heavy atom. The molecule has 0 bridgehead atoms. The molecular formula is C20H22Cl2N6O. The molecule has 1 aromatic carbocycles. The van der Waals surface area contributed by atoms with Crippen LogP contribution in [0.1, 0.15) is 19.8 Å². The van der Waals surface area contributed by atoms with E-state index in [9.17, 15) is 4.79 Å². The van der Waals surface area contributed by atoms with Gasteiger partial charge in [-0.05, 0) is 44.0 Å². The van der Waals surface area contributed by atoms with Gasteiger partial charge in [-0.2, -0.15) is 0 Å². The van der Waals surface area contributed by atoms with Crippen molar-refractivity contribution in [1.82, 2.24) is 19.9 Å². The zero-order chi connectivity index (χ0) is 20.4. The average molecular weight is 433 g/mol. The molecule has 0 aliphatic carbocycles. The number of halogens is 2. The van der Waals surface area contributed by atoms with E-state index in [-0.39, 0.29) is 24.5 Å². The van der Waals surface area contributed by atoms with Crippen LogP contribution in [0.15, 0.2) is 36.8 Å². The van der Waals surface area contributed by atoms with Gasteiger partial charge in [0.05, 0.1) is 11.9 Å². The molecular weight excluding hydrogens is 411 g/mol. The van der Waals surface area contributed by atoms with Gasteiger partial charge in [-0.15, -0.1) is 0 Å². The summed E-state index contributed by atoms with van der Waals surface area (Å²) in [7, 11) is 0. The van der Waals surface area contributed by atoms with E-state index in [4.69, 9.17) is 23.2 Å². The molecule has 3 heterocycles. The van der Waals surface area contributed by atoms with Gasteiger partial charge in [0.2, 0.25) is 5.91 Å². The van der Waals surface area contributed by atoms with Crippen molar-refractivity contribution in [3.05, 3.63) is 46.8 Å². The Kier molecular flexibility index (Phi) is 5.78. The number of fused-ring (bicyclic) bond motifs is 1. The number of amides is 1. The van der Waals surface area contributed by atoms with Crippen LogP contribution in [0.5, 0.6) is 0 Å². The smallest absolute Gasteiger partial charge is 0.242 e. The number of carbonyl (C=O) groups excluding carboxylic acids is 1. The third-order valence-electron chi connectivity index (χ3n) is 5.29. The van der Waals surface area contributed by atoms with Crippen molar-refractivity contribution in [2.75, 3.05) is 23.7 Å². The average Bonchev–Trinajstić information content (AvgIpc) is 3.17. The third kappa shape index (κ3) is 4.41. The number of hydrogen-bond donors (Lipinski definition) is 3. The highest BCUT2D eigenvalue weighted by Gasteiger charge is 2.31. The maximum Gasteiger partial charge on any atom is 0.242 e. The first kappa shape index (κ1) is 19.8. The Bertz CT molecular complexity index is 1000. The lowest BCUT2D eigenvalue weighted by atomic mass is 9.97. The Hall–Kier alpha value is -2.51. The molecule has 1 fully saturated rings. The van der Waals surface area contributed by atoms with Crippen molar-refractivity contribution in [2.24, 2.45) is 0 Å². The SMILES string of the molecule is CC1C(Nc2ncnc3[nH]ccc23)CCCN1C(=O)CNc1cc(Cl)cc(Cl)c1. The second kappa shape index (κ2) is 8.47. The number of aromatic nitrogens is 3. The molecule has 0 spiro atoms. The zero-order valence-electron chi connectivity index (χ0n) is 16.0. The molecule has 2 aromatic heterocycles. The number of aromatic amines is 1. The lowest BCUT2D eigenvalue weighted by Crippen LogP contribution is -2.53. The molecule has 1 aliphatic heterocycles. The third-order valence-corrected chi connectivity index (χ3v) is 5.73. The van der Waals surface area contributed by atoms with E-state index in [2.05, 4.69) is 32.5 Å². The number of likely N-dealkylation sites (tertiary alicyclic amines) is 1. The van der Waals surface area contributed by atoms with Crippen LogP contribution in [0, 0.1) is 0 Å². The Morgan fingerprint density at radius 1 is 1.28 bits per heavy atom. The van der Waals surface area contributed by atoms with Gasteiger partial charge in [-0.3, -0.25) is 4.79 Å². The van der Waals surface area contributed by atoms with Crippen molar-refractivity contribution in [1.29, 1.82) is 0 Å². The highest BCUT2D eigenvalue weighted by Crippen LogP contribution is 2.25. The number of nitrogens with one attached hydrogen (secondary N) is 3. The van der Waals surface area contributed by atoms with Crippen molar-refractivity contribution in [2.45, 2.75) is 31.8 Å². The fraction of sp³-hybridized carbons (Fsp3) is 0.350. The van der Waals surface area contributed by atoms with E-state index in [1.807, 2.05) is 17.2 Å². The quantitative estimate of drug-likeness (QED) is 0.563. The lowest BCUT2D eigenvalue weighted by molar-refractivity contribution is -0.132. The number of carbonyl (C=O) groups is 1. The summed E-state index contributed by atoms with van der Waals surface area (Å²) in [5.74, 6) is 0.823. The van der Waals surface area contributed by atoms with Gasteiger partial charge in [0.1, 0.15) is 17.8 Å². The summed E-state index contributed by atoms with van der Waals surface area (Å²) in [6, 6.07) is 7.26. The lowest BCUT2D eigenvalue weighted by Gasteiger charge is -2.40. The molecule has 1 aliphatic rings. The molecule has 1 saturated heterocycles. The molecule has 1 amide bonds. The summed E-state index contributed by atoms with van der Waals surface area (Å²) in [5.41, 5.74) is 1.52. The molecule has 2 atom stereocenters. The second-order valence-electron chi connectivity index (χ2n) is 7.19. The van der Waals surface area contributed by atoms with Gasteiger partial charge in [0.15, 0.2) is 0 Å². The number of benzene rings is 1. The van der Waals surface area contributed by atoms with E-state index in [0.29, 0.717) is 10.0 Å². The van der Waals surface area contributed by atoms with Crippen LogP contribution >= 0.6 is 23.2 Å². The predicted molar refractivity (Wildman–Crippen MR) is 117 cm³/mol. The van der Waals surface area contributed by atoms with Gasteiger partial charge in [0.25, 0.3) is 0 Å². The largest absolute Gasteiger partial charge is 0.376 e. The Balaban J connectivity index is 1.41. The van der Waals surface area contributed by atoms with E-state index < -0.39 is 0 Å². The van der Waals surface area contributed by atoms with Crippen LogP contribution in [0.4, 0.5) is 11.5 Å². The summed E-state index contributed by atoms with van der Waals surface area (Å²) < 4.78 is 0. The van der Waals surface area contributed by atoms with Gasteiger partial charge in [0, 0.05) is 40.6 Å². The molecule has 7 nitrogen and oxygen atoms in total. The number of piperidine rings is 1. The topological polar surface area (TPSA) is 85.9 Å². The highest BCUT2D eigenvalue weighted by atomic mass is 35.5. The number of nitrogens with zero attached hydrogens (tertiary/aromatic N) is 3. The second-order valence-corrected chi connectivity index (χ2v) is 8.07. The predicted octanol–water partition coefficient (Wildman–Crippen LogP) is 4.17. The number of hydrogen-bond acceptors (Lipinski definition) is 5. The van der Waals surface area contributed by atoms with Crippen molar-refractivity contribution >= 4 is 51.6 Å². The minimum Gasteiger partial charge on any atom is -0.376 e. The molecule has 0 radical (unpaired) electrons. The fourth-order valence-electron chi connectivity index (χ4n) is 3.79. The summed E-state index contributed by atoms with van der Waals surface area (Å²) in [4.78, 5) is 26.5. The summed E-state index contributed by atoms with van der Waals surface area (Å²) in [5, 5.41) is 8.65. The first-order chi connectivity index (χ1) is 14.0. The molecule has 4 rings (SSSR count). The summed E-state index contributed by atoms with van der Waals surface area (Å²) in [6.45, 7) is 2.99. The van der Waals surface area contributed by atoms with Crippen LogP contribution in [-0.4, -0.2) is 50.9 Å². The summed E-state index contributed by atoms with van der Waals surface area (Å²) in [6.07, 6.45) is 5.28. The van der Waals surface area contributed by atoms with E-state index in [0.717, 1.165) is 41.9 Å². The van der Waals surface area contributed by atoms with E-state index in [1.54, 1.807) is 18.2 Å². The van der Waals surface area contributed by atoms with E-state index in [1.165, 1.54) is 6.33 Å². The van der Waals surface area contributed by atoms with Gasteiger partial charge < -0.3 is 20.5 Å². The van der Waals surface area contributed by atoms with Crippen molar-refractivity contribution < 1.29 is 4.79 Å². The molecule has 29 heavy (non-hydrogen) atoms. The van der Waals surface area contributed by atoms with Gasteiger partial charge in [-0.25, -0.2) is 9.97 Å². The Morgan fingerprint density at radius 2 is 2.07 bits per heavy atom. The van der Waals surface area contributed by atoms with Crippen LogP contribution in [-0.2, 0) is 4.79 Å². The normalized spacial score (nSPS) is 19.3. The first-order valence-corrected chi connectivity index (χ1v) is 10.3. The Labute approximate surface area is 178 Å². The highest BCUT2D eigenvalue weighted by molar-refractivity contribution is 6.35. The van der Waals surface area contributed by atoms with Crippen LogP contribution in [0.25, 0.3) is 11.0 Å². The zero-order valence-corrected chi connectivity index (χ0v) is 17.5. The first-order valence-electron chi connectivity index (χ1n) is 9.55. The number of anilines is 2. The molecule has 3 aromatic rings. The van der Waals surface area contributed by atoms with Gasteiger partial charge in [-0.1, -0.05) is 23.2 Å².